The molecule has 0 saturated heterocycles. The van der Waals surface area contributed by atoms with Crippen LogP contribution in [-0.2, 0) is 0 Å². The molecule has 0 rings (SSSR count). The molecule has 0 aromatic heterocycles. The van der Waals surface area contributed by atoms with Crippen molar-refractivity contribution in [3.63, 3.8) is 0 Å². The molecular formula is C7H21NSi2. The minimum atomic E-state index is -0.950. The number of rotatable bonds is 3. The Morgan fingerprint density at radius 1 is 1.30 bits per heavy atom. The summed E-state index contributed by atoms with van der Waals surface area (Å²) in [5, 5.41) is 0. The summed E-state index contributed by atoms with van der Waals surface area (Å²) in [4.78, 5) is 0. The molecule has 3 heteroatoms. The van der Waals surface area contributed by atoms with Crippen LogP contribution >= 0.6 is 0 Å². The van der Waals surface area contributed by atoms with Gasteiger partial charge >= 0.3 is 0 Å². The van der Waals surface area contributed by atoms with Gasteiger partial charge in [0.05, 0.1) is 0 Å². The lowest BCUT2D eigenvalue weighted by atomic mass is 11.0. The second-order valence-corrected chi connectivity index (χ2v) is 12.9. The van der Waals surface area contributed by atoms with Gasteiger partial charge in [-0.25, -0.2) is 0 Å². The van der Waals surface area contributed by atoms with Crippen LogP contribution in [0.2, 0.25) is 32.2 Å². The van der Waals surface area contributed by atoms with Crippen LogP contribution in [-0.4, -0.2) is 28.5 Å². The number of hydrogen-bond donors (Lipinski definition) is 0. The highest BCUT2D eigenvalue weighted by atomic mass is 28.4. The molecule has 0 heterocycles. The van der Waals surface area contributed by atoms with E-state index in [2.05, 4.69) is 44.4 Å². The van der Waals surface area contributed by atoms with Gasteiger partial charge < -0.3 is 4.23 Å². The monoisotopic (exact) mass is 175 g/mol. The van der Waals surface area contributed by atoms with Gasteiger partial charge in [0.25, 0.3) is 0 Å². The van der Waals surface area contributed by atoms with Gasteiger partial charge in [0.15, 0.2) is 0 Å². The van der Waals surface area contributed by atoms with Gasteiger partial charge in [0.2, 0.25) is 0 Å². The first-order valence-electron chi connectivity index (χ1n) is 4.12. The van der Waals surface area contributed by atoms with Gasteiger partial charge in [-0.15, -0.1) is 0 Å². The molecule has 0 N–H and O–H groups in total. The Kier molecular flexibility index (Phi) is 3.83. The summed E-state index contributed by atoms with van der Waals surface area (Å²) in [5.74, 6) is 0. The Hall–Kier alpha value is 0.394. The topological polar surface area (TPSA) is 3.24 Å². The van der Waals surface area contributed by atoms with Gasteiger partial charge in [-0.05, 0) is 7.05 Å². The molecule has 0 aliphatic heterocycles. The first-order valence-corrected chi connectivity index (χ1v) is 10.1. The summed E-state index contributed by atoms with van der Waals surface area (Å²) in [6.07, 6.45) is 0. The third-order valence-electron chi connectivity index (χ3n) is 2.31. The molecule has 1 nitrogen and oxygen atoms in total. The minimum Gasteiger partial charge on any atom is -0.351 e. The second-order valence-electron chi connectivity index (χ2n) is 4.04. The summed E-state index contributed by atoms with van der Waals surface area (Å²) < 4.78 is 2.69. The molecule has 0 fully saturated rings. The first kappa shape index (κ1) is 10.4. The van der Waals surface area contributed by atoms with Crippen molar-refractivity contribution in [2.75, 3.05) is 7.05 Å². The zero-order chi connectivity index (χ0) is 8.36. The molecule has 0 aromatic rings. The van der Waals surface area contributed by atoms with E-state index in [1.807, 2.05) is 0 Å². The van der Waals surface area contributed by atoms with Crippen LogP contribution in [0.25, 0.3) is 0 Å². The lowest BCUT2D eigenvalue weighted by Gasteiger charge is -2.34. The first-order chi connectivity index (χ1) is 4.39. The van der Waals surface area contributed by atoms with Gasteiger partial charge in [0, 0.05) is 0 Å². The predicted molar refractivity (Wildman–Crippen MR) is 54.6 cm³/mol. The van der Waals surface area contributed by atoms with E-state index in [1.165, 1.54) is 6.04 Å². The van der Waals surface area contributed by atoms with E-state index in [0.717, 1.165) is 0 Å². The van der Waals surface area contributed by atoms with Crippen molar-refractivity contribution in [3.05, 3.63) is 0 Å². The van der Waals surface area contributed by atoms with Gasteiger partial charge in [0.1, 0.15) is 17.2 Å². The lowest BCUT2D eigenvalue weighted by molar-refractivity contribution is 0.773. The molecular weight excluding hydrogens is 154 g/mol. The van der Waals surface area contributed by atoms with Crippen molar-refractivity contribution < 1.29 is 0 Å². The summed E-state index contributed by atoms with van der Waals surface area (Å²) >= 11 is 0. The van der Waals surface area contributed by atoms with Gasteiger partial charge in [-0.3, -0.25) is 0 Å². The average Bonchev–Trinajstić information content (AvgIpc) is 1.83. The number of hydrogen-bond acceptors (Lipinski definition) is 1. The van der Waals surface area contributed by atoms with E-state index in [9.17, 15) is 0 Å². The van der Waals surface area contributed by atoms with Gasteiger partial charge in [-0.1, -0.05) is 39.2 Å². The SMILES string of the molecule is CC[SiH](C)N(C)[Si](C)(C)C. The lowest BCUT2D eigenvalue weighted by Crippen LogP contribution is -2.50. The van der Waals surface area contributed by atoms with E-state index in [-0.39, 0.29) is 0 Å². The summed E-state index contributed by atoms with van der Waals surface area (Å²) in [6, 6.07) is 1.40. The van der Waals surface area contributed by atoms with Crippen molar-refractivity contribution in [2.45, 2.75) is 39.2 Å². The predicted octanol–water partition coefficient (Wildman–Crippen LogP) is 2.13. The van der Waals surface area contributed by atoms with Crippen LogP contribution in [0.4, 0.5) is 0 Å². The van der Waals surface area contributed by atoms with E-state index < -0.39 is 17.2 Å². The second kappa shape index (κ2) is 3.69. The van der Waals surface area contributed by atoms with Crippen LogP contribution in [0.15, 0.2) is 0 Å². The molecule has 0 bridgehead atoms. The molecule has 0 saturated carbocycles. The normalized spacial score (nSPS) is 15.9. The van der Waals surface area contributed by atoms with Crippen molar-refractivity contribution in [1.82, 2.24) is 4.23 Å². The molecule has 0 radical (unpaired) electrons. The Bertz CT molecular complexity index is 98.3. The smallest absolute Gasteiger partial charge is 0.111 e. The fraction of sp³-hybridized carbons (Fsp3) is 1.00. The van der Waals surface area contributed by atoms with E-state index in [1.54, 1.807) is 0 Å². The highest BCUT2D eigenvalue weighted by molar-refractivity contribution is 6.82. The fourth-order valence-corrected chi connectivity index (χ4v) is 7.32. The molecule has 10 heavy (non-hydrogen) atoms. The standard InChI is InChI=1S/C7H21NSi2/c1-7-9(3)8(2)10(4,5)6/h9H,7H2,1-6H3. The van der Waals surface area contributed by atoms with E-state index in [0.29, 0.717) is 0 Å². The molecule has 1 atom stereocenters. The fourth-order valence-electron chi connectivity index (χ4n) is 0.935. The quantitative estimate of drug-likeness (QED) is 0.594. The average molecular weight is 175 g/mol. The third kappa shape index (κ3) is 2.99. The van der Waals surface area contributed by atoms with Crippen molar-refractivity contribution in [2.24, 2.45) is 0 Å². The van der Waals surface area contributed by atoms with Crippen LogP contribution in [0.5, 0.6) is 0 Å². The summed E-state index contributed by atoms with van der Waals surface area (Å²) in [5.41, 5.74) is 0. The number of nitrogens with zero attached hydrogens (tertiary/aromatic N) is 1. The maximum Gasteiger partial charge on any atom is 0.111 e. The maximum atomic E-state index is 2.69. The van der Waals surface area contributed by atoms with Crippen LogP contribution < -0.4 is 0 Å². The van der Waals surface area contributed by atoms with Crippen molar-refractivity contribution in [1.29, 1.82) is 0 Å². The highest BCUT2D eigenvalue weighted by Gasteiger charge is 2.23. The highest BCUT2D eigenvalue weighted by Crippen LogP contribution is 2.10. The summed E-state index contributed by atoms with van der Waals surface area (Å²) in [7, 11) is 0.857. The summed E-state index contributed by atoms with van der Waals surface area (Å²) in [6.45, 7) is 12.0. The zero-order valence-electron chi connectivity index (χ0n) is 8.23. The Morgan fingerprint density at radius 2 is 1.70 bits per heavy atom. The molecule has 0 aliphatic carbocycles. The molecule has 62 valence electrons. The van der Waals surface area contributed by atoms with Crippen molar-refractivity contribution in [3.8, 4) is 0 Å². The Morgan fingerprint density at radius 3 is 1.80 bits per heavy atom. The largest absolute Gasteiger partial charge is 0.351 e. The molecule has 0 spiro atoms. The van der Waals surface area contributed by atoms with Crippen LogP contribution in [0, 0.1) is 0 Å². The van der Waals surface area contributed by atoms with E-state index >= 15 is 0 Å². The molecule has 1 unspecified atom stereocenters. The van der Waals surface area contributed by atoms with E-state index in [4.69, 9.17) is 0 Å². The third-order valence-corrected chi connectivity index (χ3v) is 10.6. The maximum absolute atomic E-state index is 2.69. The zero-order valence-corrected chi connectivity index (χ0v) is 10.4. The van der Waals surface area contributed by atoms with Crippen LogP contribution in [0.1, 0.15) is 6.92 Å². The Balaban J connectivity index is 3.94. The van der Waals surface area contributed by atoms with Gasteiger partial charge in [-0.2, -0.15) is 0 Å². The molecule has 0 amide bonds. The molecule has 0 aliphatic rings. The molecule has 0 aromatic carbocycles. The van der Waals surface area contributed by atoms with Crippen molar-refractivity contribution >= 4 is 17.2 Å². The van der Waals surface area contributed by atoms with Crippen LogP contribution in [0.3, 0.4) is 0 Å². The minimum absolute atomic E-state index is 0.505. The Labute approximate surface area is 68.2 Å².